The van der Waals surface area contributed by atoms with Gasteiger partial charge >= 0.3 is 12.0 Å². The first kappa shape index (κ1) is 25.4. The molecule has 4 rings (SSSR count). The summed E-state index contributed by atoms with van der Waals surface area (Å²) in [6, 6.07) is 14.4. The van der Waals surface area contributed by atoms with E-state index in [1.165, 1.54) is 0 Å². The lowest BCUT2D eigenvalue weighted by Crippen LogP contribution is -2.51. The lowest BCUT2D eigenvalue weighted by Gasteiger charge is -2.38. The topological polar surface area (TPSA) is 92.4 Å². The number of amides is 2. The van der Waals surface area contributed by atoms with Crippen molar-refractivity contribution in [1.82, 2.24) is 15.5 Å². The number of piperazine rings is 1. The average molecular weight is 495 g/mol. The van der Waals surface area contributed by atoms with Crippen LogP contribution in [-0.4, -0.2) is 69.9 Å². The Hall–Kier alpha value is -3.72. The van der Waals surface area contributed by atoms with Crippen LogP contribution in [0.2, 0.25) is 0 Å². The lowest BCUT2D eigenvalue weighted by molar-refractivity contribution is -0.139. The summed E-state index contributed by atoms with van der Waals surface area (Å²) < 4.78 is 16.6. The van der Waals surface area contributed by atoms with Crippen LogP contribution >= 0.6 is 0 Å². The van der Waals surface area contributed by atoms with Crippen LogP contribution in [0.4, 0.5) is 10.5 Å². The molecule has 0 unspecified atom stereocenters. The van der Waals surface area contributed by atoms with Crippen LogP contribution in [0, 0.1) is 0 Å². The number of carbonyl (C=O) groups is 2. The van der Waals surface area contributed by atoms with E-state index in [2.05, 4.69) is 26.5 Å². The van der Waals surface area contributed by atoms with Crippen LogP contribution in [0.25, 0.3) is 0 Å². The van der Waals surface area contributed by atoms with Crippen molar-refractivity contribution in [2.24, 2.45) is 0 Å². The Kier molecular flexibility index (Phi) is 8.32. The molecule has 9 nitrogen and oxygen atoms in total. The Balaban J connectivity index is 1.57. The van der Waals surface area contributed by atoms with Gasteiger partial charge in [0, 0.05) is 55.7 Å². The molecule has 1 atom stereocenters. The highest BCUT2D eigenvalue weighted by Gasteiger charge is 2.36. The predicted molar refractivity (Wildman–Crippen MR) is 137 cm³/mol. The number of ether oxygens (including phenoxy) is 3. The number of hydrogen-bond acceptors (Lipinski definition) is 7. The van der Waals surface area contributed by atoms with Crippen LogP contribution in [0.5, 0.6) is 11.5 Å². The Labute approximate surface area is 212 Å². The highest BCUT2D eigenvalue weighted by molar-refractivity contribution is 5.95. The van der Waals surface area contributed by atoms with Gasteiger partial charge in [0.25, 0.3) is 0 Å². The largest absolute Gasteiger partial charge is 0.497 e. The number of rotatable bonds is 9. The molecule has 1 fully saturated rings. The van der Waals surface area contributed by atoms with E-state index in [-0.39, 0.29) is 12.6 Å². The number of urea groups is 1. The van der Waals surface area contributed by atoms with Crippen molar-refractivity contribution < 1.29 is 23.8 Å². The first-order valence-corrected chi connectivity index (χ1v) is 12.3. The summed E-state index contributed by atoms with van der Waals surface area (Å²) in [7, 11) is 1.67. The van der Waals surface area contributed by atoms with Gasteiger partial charge in [-0.15, -0.1) is 0 Å². The molecule has 0 saturated carbocycles. The van der Waals surface area contributed by atoms with Crippen molar-refractivity contribution in [3.8, 4) is 11.5 Å². The van der Waals surface area contributed by atoms with E-state index in [4.69, 9.17) is 14.2 Å². The number of para-hydroxylation sites is 1. The maximum Gasteiger partial charge on any atom is 0.338 e. The van der Waals surface area contributed by atoms with Crippen molar-refractivity contribution in [3.05, 3.63) is 65.4 Å². The minimum absolute atomic E-state index is 0.239. The van der Waals surface area contributed by atoms with Gasteiger partial charge in [0.05, 0.1) is 31.9 Å². The van der Waals surface area contributed by atoms with Gasteiger partial charge in [-0.3, -0.25) is 4.90 Å². The average Bonchev–Trinajstić information content (AvgIpc) is 2.89. The number of esters is 1. The van der Waals surface area contributed by atoms with Crippen LogP contribution in [0.15, 0.2) is 59.8 Å². The number of benzene rings is 2. The third-order valence-electron chi connectivity index (χ3n) is 6.35. The molecule has 0 aromatic heterocycles. The normalized spacial score (nSPS) is 18.4. The third kappa shape index (κ3) is 5.73. The summed E-state index contributed by atoms with van der Waals surface area (Å²) in [5.74, 6) is 1.00. The molecule has 2 N–H and O–H groups in total. The molecular formula is C27H34N4O5. The Morgan fingerprint density at radius 2 is 1.81 bits per heavy atom. The van der Waals surface area contributed by atoms with Crippen molar-refractivity contribution >= 4 is 17.7 Å². The molecule has 0 aliphatic carbocycles. The SMILES string of the molecule is CCOC(=O)C1=C(CN2CCN(c3cccc(OC)c3)CC2)NC(=O)N[C@@H]1c1ccccc1OCC. The molecule has 2 aromatic carbocycles. The standard InChI is InChI=1S/C27H34N4O5/c1-4-35-23-12-7-6-11-21(23)25-24(26(32)36-5-2)22(28-27(33)29-25)18-30-13-15-31(16-14-30)19-9-8-10-20(17-19)34-3/h6-12,17,25H,4-5,13-16,18H2,1-3H3,(H2,28,29,33)/t25-/m1/s1. The van der Waals surface area contributed by atoms with Crippen molar-refractivity contribution in [2.75, 3.05) is 57.9 Å². The van der Waals surface area contributed by atoms with Gasteiger partial charge in [-0.2, -0.15) is 0 Å². The highest BCUT2D eigenvalue weighted by Crippen LogP contribution is 2.34. The number of nitrogens with zero attached hydrogens (tertiary/aromatic N) is 2. The van der Waals surface area contributed by atoms with E-state index in [0.717, 1.165) is 43.2 Å². The molecule has 2 aromatic rings. The van der Waals surface area contributed by atoms with Crippen LogP contribution in [-0.2, 0) is 9.53 Å². The van der Waals surface area contributed by atoms with Crippen molar-refractivity contribution in [3.63, 3.8) is 0 Å². The first-order chi connectivity index (χ1) is 17.5. The number of hydrogen-bond donors (Lipinski definition) is 2. The van der Waals surface area contributed by atoms with Crippen LogP contribution in [0.3, 0.4) is 0 Å². The maximum atomic E-state index is 13.2. The summed E-state index contributed by atoms with van der Waals surface area (Å²) in [6.45, 7) is 8.00. The molecule has 2 aliphatic rings. The number of anilines is 1. The number of carbonyl (C=O) groups excluding carboxylic acids is 2. The molecule has 1 saturated heterocycles. The molecule has 0 spiro atoms. The second-order valence-electron chi connectivity index (χ2n) is 8.58. The second-order valence-corrected chi connectivity index (χ2v) is 8.58. The van der Waals surface area contributed by atoms with Gasteiger partial charge in [-0.05, 0) is 32.0 Å². The molecule has 192 valence electrons. The zero-order chi connectivity index (χ0) is 25.5. The zero-order valence-electron chi connectivity index (χ0n) is 21.1. The summed E-state index contributed by atoms with van der Waals surface area (Å²) in [5.41, 5.74) is 2.79. The Morgan fingerprint density at radius 3 is 2.53 bits per heavy atom. The van der Waals surface area contributed by atoms with Crippen LogP contribution < -0.4 is 25.0 Å². The molecule has 0 radical (unpaired) electrons. The highest BCUT2D eigenvalue weighted by atomic mass is 16.5. The van der Waals surface area contributed by atoms with Gasteiger partial charge in [0.15, 0.2) is 0 Å². The molecule has 2 heterocycles. The van der Waals surface area contributed by atoms with Gasteiger partial charge in [0.1, 0.15) is 11.5 Å². The van der Waals surface area contributed by atoms with E-state index < -0.39 is 12.0 Å². The van der Waals surface area contributed by atoms with Gasteiger partial charge < -0.3 is 29.7 Å². The third-order valence-corrected chi connectivity index (χ3v) is 6.35. The fraction of sp³-hybridized carbons (Fsp3) is 0.407. The van der Waals surface area contributed by atoms with E-state index >= 15 is 0 Å². The van der Waals surface area contributed by atoms with E-state index in [1.807, 2.05) is 49.4 Å². The summed E-state index contributed by atoms with van der Waals surface area (Å²) in [6.07, 6.45) is 0. The van der Waals surface area contributed by atoms with Crippen molar-refractivity contribution in [1.29, 1.82) is 0 Å². The molecule has 9 heteroatoms. The summed E-state index contributed by atoms with van der Waals surface area (Å²) in [4.78, 5) is 30.4. The van der Waals surface area contributed by atoms with Gasteiger partial charge in [-0.25, -0.2) is 9.59 Å². The van der Waals surface area contributed by atoms with Crippen LogP contribution in [0.1, 0.15) is 25.5 Å². The minimum atomic E-state index is -0.673. The van der Waals surface area contributed by atoms with E-state index in [0.29, 0.717) is 30.2 Å². The molecule has 2 aliphatic heterocycles. The predicted octanol–water partition coefficient (Wildman–Crippen LogP) is 3.09. The van der Waals surface area contributed by atoms with E-state index in [9.17, 15) is 9.59 Å². The molecule has 0 bridgehead atoms. The van der Waals surface area contributed by atoms with E-state index in [1.54, 1.807) is 14.0 Å². The fourth-order valence-corrected chi connectivity index (χ4v) is 4.63. The number of methoxy groups -OCH3 is 1. The molecular weight excluding hydrogens is 460 g/mol. The maximum absolute atomic E-state index is 13.2. The quantitative estimate of drug-likeness (QED) is 0.518. The molecule has 36 heavy (non-hydrogen) atoms. The minimum Gasteiger partial charge on any atom is -0.497 e. The van der Waals surface area contributed by atoms with Gasteiger partial charge in [0.2, 0.25) is 0 Å². The number of nitrogens with one attached hydrogen (secondary N) is 2. The van der Waals surface area contributed by atoms with Gasteiger partial charge in [-0.1, -0.05) is 24.3 Å². The zero-order valence-corrected chi connectivity index (χ0v) is 21.1. The lowest BCUT2D eigenvalue weighted by atomic mass is 9.94. The monoisotopic (exact) mass is 494 g/mol. The summed E-state index contributed by atoms with van der Waals surface area (Å²) >= 11 is 0. The smallest absolute Gasteiger partial charge is 0.338 e. The molecule has 2 amide bonds. The summed E-state index contributed by atoms with van der Waals surface area (Å²) in [5, 5.41) is 5.78. The second kappa shape index (κ2) is 11.8. The fourth-order valence-electron chi connectivity index (χ4n) is 4.63. The Bertz CT molecular complexity index is 1110. The first-order valence-electron chi connectivity index (χ1n) is 12.3. The Morgan fingerprint density at radius 1 is 1.03 bits per heavy atom. The van der Waals surface area contributed by atoms with Crippen molar-refractivity contribution in [2.45, 2.75) is 19.9 Å².